The van der Waals surface area contributed by atoms with Crippen LogP contribution >= 0.6 is 0 Å². The number of Topliss-reactive ketones (excluding diaryl/α,β-unsaturated/α-hetero) is 1. The van der Waals surface area contributed by atoms with Crippen molar-refractivity contribution in [3.63, 3.8) is 0 Å². The molecule has 0 aliphatic carbocycles. The lowest BCUT2D eigenvalue weighted by Crippen LogP contribution is -2.46. The Morgan fingerprint density at radius 3 is 2.75 bits per heavy atom. The first-order chi connectivity index (χ1) is 9.65. The van der Waals surface area contributed by atoms with Crippen LogP contribution in [0.4, 0.5) is 0 Å². The molecule has 1 unspecified atom stereocenters. The third-order valence-corrected chi connectivity index (χ3v) is 3.62. The summed E-state index contributed by atoms with van der Waals surface area (Å²) in [6, 6.07) is 5.05. The monoisotopic (exact) mass is 276 g/mol. The average molecular weight is 276 g/mol. The highest BCUT2D eigenvalue weighted by molar-refractivity contribution is 5.93. The zero-order valence-corrected chi connectivity index (χ0v) is 10.9. The van der Waals surface area contributed by atoms with E-state index < -0.39 is 12.0 Å². The minimum atomic E-state index is -0.548. The molecule has 3 N–H and O–H groups in total. The molecule has 1 fully saturated rings. The van der Waals surface area contributed by atoms with Crippen LogP contribution in [-0.2, 0) is 16.1 Å². The molecule has 0 spiro atoms. The summed E-state index contributed by atoms with van der Waals surface area (Å²) >= 11 is 0. The molecule has 0 bridgehead atoms. The SMILES string of the molecule is NC(=O)c1ccc2c(c1)OC(C(=O)C1COC1)CNC2. The van der Waals surface area contributed by atoms with E-state index >= 15 is 0 Å². The average Bonchev–Trinajstić information content (AvgIpc) is 2.57. The standard InChI is InChI=1S/C14H16N2O4/c15-14(18)8-1-2-9-4-16-5-12(20-11(9)3-8)13(17)10-6-19-7-10/h1-3,10,12,16H,4-7H2,(H2,15,18). The van der Waals surface area contributed by atoms with Crippen LogP contribution in [0.15, 0.2) is 18.2 Å². The minimum Gasteiger partial charge on any atom is -0.481 e. The van der Waals surface area contributed by atoms with Gasteiger partial charge in [0.2, 0.25) is 5.91 Å². The van der Waals surface area contributed by atoms with Gasteiger partial charge in [-0.05, 0) is 12.1 Å². The molecule has 6 nitrogen and oxygen atoms in total. The number of carbonyl (C=O) groups excluding carboxylic acids is 2. The van der Waals surface area contributed by atoms with Gasteiger partial charge < -0.3 is 20.5 Å². The number of benzene rings is 1. The molecule has 0 radical (unpaired) electrons. The van der Waals surface area contributed by atoms with Gasteiger partial charge in [0.15, 0.2) is 11.9 Å². The molecule has 1 aromatic carbocycles. The summed E-state index contributed by atoms with van der Waals surface area (Å²) in [5.74, 6) is -0.00230. The van der Waals surface area contributed by atoms with Crippen LogP contribution in [0.3, 0.4) is 0 Å². The van der Waals surface area contributed by atoms with Crippen LogP contribution in [0.25, 0.3) is 0 Å². The number of carbonyl (C=O) groups is 2. The van der Waals surface area contributed by atoms with Crippen molar-refractivity contribution < 1.29 is 19.1 Å². The summed E-state index contributed by atoms with van der Waals surface area (Å²) < 4.78 is 10.8. The molecular weight excluding hydrogens is 260 g/mol. The number of hydrogen-bond donors (Lipinski definition) is 2. The topological polar surface area (TPSA) is 90.7 Å². The van der Waals surface area contributed by atoms with Gasteiger partial charge in [-0.1, -0.05) is 6.07 Å². The Morgan fingerprint density at radius 1 is 1.30 bits per heavy atom. The zero-order chi connectivity index (χ0) is 14.1. The van der Waals surface area contributed by atoms with Crippen molar-refractivity contribution >= 4 is 11.7 Å². The number of nitrogens with one attached hydrogen (secondary N) is 1. The second-order valence-corrected chi connectivity index (χ2v) is 5.06. The number of ketones is 1. The number of rotatable bonds is 3. The minimum absolute atomic E-state index is 0.0427. The first kappa shape index (κ1) is 13.1. The molecule has 2 aliphatic heterocycles. The molecule has 106 valence electrons. The highest BCUT2D eigenvalue weighted by atomic mass is 16.5. The van der Waals surface area contributed by atoms with Crippen LogP contribution in [0, 0.1) is 5.92 Å². The molecule has 3 rings (SSSR count). The fraction of sp³-hybridized carbons (Fsp3) is 0.429. The van der Waals surface area contributed by atoms with Gasteiger partial charge in [0, 0.05) is 24.2 Å². The van der Waals surface area contributed by atoms with E-state index in [-0.39, 0.29) is 11.7 Å². The van der Waals surface area contributed by atoms with E-state index in [4.69, 9.17) is 15.2 Å². The maximum atomic E-state index is 12.2. The van der Waals surface area contributed by atoms with E-state index in [2.05, 4.69) is 5.32 Å². The van der Waals surface area contributed by atoms with Crippen LogP contribution < -0.4 is 15.8 Å². The van der Waals surface area contributed by atoms with Crippen LogP contribution in [-0.4, -0.2) is 37.6 Å². The Labute approximate surface area is 116 Å². The second-order valence-electron chi connectivity index (χ2n) is 5.06. The van der Waals surface area contributed by atoms with Gasteiger partial charge in [0.1, 0.15) is 5.75 Å². The van der Waals surface area contributed by atoms with Gasteiger partial charge in [-0.2, -0.15) is 0 Å². The summed E-state index contributed by atoms with van der Waals surface area (Å²) in [6.07, 6.45) is -0.548. The van der Waals surface area contributed by atoms with E-state index in [1.165, 1.54) is 0 Å². The molecular formula is C14H16N2O4. The van der Waals surface area contributed by atoms with Gasteiger partial charge in [-0.3, -0.25) is 9.59 Å². The van der Waals surface area contributed by atoms with Crippen LogP contribution in [0.2, 0.25) is 0 Å². The predicted molar refractivity (Wildman–Crippen MR) is 70.4 cm³/mol. The molecule has 1 aromatic rings. The van der Waals surface area contributed by atoms with Gasteiger partial charge >= 0.3 is 0 Å². The fourth-order valence-electron chi connectivity index (χ4n) is 2.32. The zero-order valence-electron chi connectivity index (χ0n) is 10.9. The highest BCUT2D eigenvalue weighted by Gasteiger charge is 2.34. The number of ether oxygens (including phenoxy) is 2. The van der Waals surface area contributed by atoms with E-state index in [1.54, 1.807) is 18.2 Å². The third-order valence-electron chi connectivity index (χ3n) is 3.62. The van der Waals surface area contributed by atoms with Crippen molar-refractivity contribution in [2.75, 3.05) is 19.8 Å². The van der Waals surface area contributed by atoms with Gasteiger partial charge in [-0.25, -0.2) is 0 Å². The normalized spacial score (nSPS) is 22.1. The maximum Gasteiger partial charge on any atom is 0.248 e. The molecule has 2 heterocycles. The molecule has 0 aromatic heterocycles. The van der Waals surface area contributed by atoms with Crippen molar-refractivity contribution in [3.05, 3.63) is 29.3 Å². The molecule has 6 heteroatoms. The Bertz CT molecular complexity index is 554. The highest BCUT2D eigenvalue weighted by Crippen LogP contribution is 2.25. The third kappa shape index (κ3) is 2.39. The molecule has 1 amide bonds. The molecule has 2 aliphatic rings. The van der Waals surface area contributed by atoms with Crippen LogP contribution in [0.5, 0.6) is 5.75 Å². The van der Waals surface area contributed by atoms with E-state index in [0.29, 0.717) is 37.6 Å². The predicted octanol–water partition coefficient (Wildman–Crippen LogP) is -0.148. The smallest absolute Gasteiger partial charge is 0.248 e. The van der Waals surface area contributed by atoms with Crippen molar-refractivity contribution in [3.8, 4) is 5.75 Å². The van der Waals surface area contributed by atoms with Crippen molar-refractivity contribution in [2.45, 2.75) is 12.6 Å². The summed E-state index contributed by atoms with van der Waals surface area (Å²) in [4.78, 5) is 23.4. The van der Waals surface area contributed by atoms with E-state index in [1.807, 2.05) is 0 Å². The van der Waals surface area contributed by atoms with Crippen molar-refractivity contribution in [1.29, 1.82) is 0 Å². The van der Waals surface area contributed by atoms with Crippen molar-refractivity contribution in [2.24, 2.45) is 11.7 Å². The number of nitrogens with two attached hydrogens (primary N) is 1. The number of hydrogen-bond acceptors (Lipinski definition) is 5. The molecule has 1 saturated heterocycles. The Morgan fingerprint density at radius 2 is 2.10 bits per heavy atom. The number of primary amides is 1. The maximum absolute atomic E-state index is 12.2. The lowest BCUT2D eigenvalue weighted by molar-refractivity contribution is -0.143. The Balaban J connectivity index is 1.83. The molecule has 1 atom stereocenters. The lowest BCUT2D eigenvalue weighted by Gasteiger charge is -2.28. The first-order valence-corrected chi connectivity index (χ1v) is 6.56. The van der Waals surface area contributed by atoms with Crippen LogP contribution in [0.1, 0.15) is 15.9 Å². The lowest BCUT2D eigenvalue weighted by atomic mass is 9.98. The number of fused-ring (bicyclic) bond motifs is 1. The van der Waals surface area contributed by atoms with Crippen molar-refractivity contribution in [1.82, 2.24) is 5.32 Å². The summed E-state index contributed by atoms with van der Waals surface area (Å²) in [7, 11) is 0. The first-order valence-electron chi connectivity index (χ1n) is 6.56. The second kappa shape index (κ2) is 5.22. The largest absolute Gasteiger partial charge is 0.481 e. The Kier molecular flexibility index (Phi) is 3.42. The van der Waals surface area contributed by atoms with Gasteiger partial charge in [-0.15, -0.1) is 0 Å². The molecule has 0 saturated carbocycles. The van der Waals surface area contributed by atoms with E-state index in [0.717, 1.165) is 5.56 Å². The van der Waals surface area contributed by atoms with E-state index in [9.17, 15) is 9.59 Å². The van der Waals surface area contributed by atoms with Gasteiger partial charge in [0.05, 0.1) is 19.1 Å². The number of amides is 1. The summed E-state index contributed by atoms with van der Waals surface area (Å²) in [5, 5.41) is 3.18. The quantitative estimate of drug-likeness (QED) is 0.801. The van der Waals surface area contributed by atoms with Gasteiger partial charge in [0.25, 0.3) is 0 Å². The molecule has 20 heavy (non-hydrogen) atoms. The summed E-state index contributed by atoms with van der Waals surface area (Å²) in [6.45, 7) is 1.98. The summed E-state index contributed by atoms with van der Waals surface area (Å²) in [5.41, 5.74) is 6.56. The Hall–Kier alpha value is -1.92. The fourth-order valence-corrected chi connectivity index (χ4v) is 2.32.